The maximum atomic E-state index is 12.9. The van der Waals surface area contributed by atoms with E-state index >= 15 is 0 Å². The van der Waals surface area contributed by atoms with Gasteiger partial charge in [0.15, 0.2) is 10.8 Å². The van der Waals surface area contributed by atoms with Gasteiger partial charge in [-0.25, -0.2) is 4.39 Å². The van der Waals surface area contributed by atoms with Crippen LogP contribution in [0.1, 0.15) is 11.5 Å². The molecule has 5 nitrogen and oxygen atoms in total. The number of rotatable bonds is 1. The molecule has 1 saturated heterocycles. The second-order valence-electron chi connectivity index (χ2n) is 4.61. The van der Waals surface area contributed by atoms with Crippen molar-refractivity contribution in [3.63, 3.8) is 0 Å². The van der Waals surface area contributed by atoms with Gasteiger partial charge in [-0.15, -0.1) is 0 Å². The van der Waals surface area contributed by atoms with E-state index in [4.69, 9.17) is 0 Å². The molecule has 1 aromatic carbocycles. The van der Waals surface area contributed by atoms with Crippen LogP contribution in [-0.4, -0.2) is 11.8 Å². The van der Waals surface area contributed by atoms with E-state index in [1.165, 1.54) is 24.3 Å². The van der Waals surface area contributed by atoms with Crippen molar-refractivity contribution in [2.75, 3.05) is 0 Å². The topological polar surface area (TPSA) is 93.8 Å². The van der Waals surface area contributed by atoms with Crippen LogP contribution < -0.4 is 5.32 Å². The fourth-order valence-electron chi connectivity index (χ4n) is 2.96. The molecular weight excluding hydrogens is 249 g/mol. The highest BCUT2D eigenvalue weighted by molar-refractivity contribution is 6.19. The minimum Gasteiger partial charge on any atom is -0.293 e. The number of imide groups is 1. The number of hydrogen-bond donors (Lipinski definition) is 1. The normalized spacial score (nSPS) is 35.0. The van der Waals surface area contributed by atoms with Gasteiger partial charge in [-0.1, -0.05) is 12.1 Å². The first-order valence-corrected chi connectivity index (χ1v) is 5.48. The van der Waals surface area contributed by atoms with E-state index in [-0.39, 0.29) is 0 Å². The lowest BCUT2D eigenvalue weighted by Crippen LogP contribution is -2.31. The van der Waals surface area contributed by atoms with E-state index in [0.29, 0.717) is 5.56 Å². The monoisotopic (exact) mass is 255 g/mol. The predicted molar refractivity (Wildman–Crippen MR) is 58.4 cm³/mol. The predicted octanol–water partition coefficient (Wildman–Crippen LogP) is 0.599. The molecule has 0 aromatic heterocycles. The number of benzene rings is 1. The lowest BCUT2D eigenvalue weighted by atomic mass is 9.98. The summed E-state index contributed by atoms with van der Waals surface area (Å²) in [5.41, 5.74) is -2.93. The van der Waals surface area contributed by atoms with Crippen molar-refractivity contribution in [1.82, 2.24) is 5.32 Å². The molecule has 2 fully saturated rings. The van der Waals surface area contributed by atoms with Gasteiger partial charge in [0.2, 0.25) is 11.8 Å². The van der Waals surface area contributed by atoms with Crippen molar-refractivity contribution >= 4 is 11.8 Å². The molecule has 1 N–H and O–H groups in total. The molecule has 1 aliphatic heterocycles. The fourth-order valence-corrected chi connectivity index (χ4v) is 2.96. The van der Waals surface area contributed by atoms with E-state index in [1.54, 1.807) is 12.1 Å². The van der Waals surface area contributed by atoms with Crippen LogP contribution >= 0.6 is 0 Å². The first-order valence-electron chi connectivity index (χ1n) is 5.48. The Balaban J connectivity index is 2.18. The van der Waals surface area contributed by atoms with E-state index in [2.05, 4.69) is 0 Å². The quantitative estimate of drug-likeness (QED) is 0.743. The van der Waals surface area contributed by atoms with Crippen LogP contribution in [-0.2, 0) is 9.59 Å². The van der Waals surface area contributed by atoms with Crippen LogP contribution in [0.15, 0.2) is 24.3 Å². The van der Waals surface area contributed by atoms with Crippen LogP contribution in [0.3, 0.4) is 0 Å². The molecule has 2 aliphatic rings. The number of carbonyl (C=O) groups is 2. The van der Waals surface area contributed by atoms with Gasteiger partial charge >= 0.3 is 0 Å². The van der Waals surface area contributed by atoms with E-state index in [9.17, 15) is 24.5 Å². The zero-order valence-corrected chi connectivity index (χ0v) is 9.48. The highest BCUT2D eigenvalue weighted by atomic mass is 19.1. The molecule has 92 valence electrons. The first-order chi connectivity index (χ1) is 9.04. The standard InChI is InChI=1S/C13H6FN3O2/c14-8-3-1-7(2-4-8)9-12(5-15)10(18)17-11(19)13(9,12)6-16/h1-4,9H,(H,17,18,19)/t12-,13-/m1/s1. The number of piperidine rings is 1. The third-order valence-corrected chi connectivity index (χ3v) is 3.90. The number of nitrogens with one attached hydrogen (secondary N) is 1. The Morgan fingerprint density at radius 1 is 1.05 bits per heavy atom. The minimum atomic E-state index is -1.68. The fraction of sp³-hybridized carbons (Fsp3) is 0.231. The Morgan fingerprint density at radius 3 is 1.95 bits per heavy atom. The van der Waals surface area contributed by atoms with Gasteiger partial charge in [-0.3, -0.25) is 14.9 Å². The number of carbonyl (C=O) groups excluding carboxylic acids is 2. The molecule has 0 bridgehead atoms. The zero-order chi connectivity index (χ0) is 13.8. The van der Waals surface area contributed by atoms with Crippen molar-refractivity contribution in [2.45, 2.75) is 5.92 Å². The van der Waals surface area contributed by atoms with Gasteiger partial charge in [0, 0.05) is 5.92 Å². The average Bonchev–Trinajstić information content (AvgIpc) is 2.97. The molecular formula is C13H6FN3O2. The molecule has 0 unspecified atom stereocenters. The van der Waals surface area contributed by atoms with Crippen molar-refractivity contribution in [3.8, 4) is 12.1 Å². The number of nitriles is 2. The number of halogens is 1. The Morgan fingerprint density at radius 2 is 1.53 bits per heavy atom. The summed E-state index contributed by atoms with van der Waals surface area (Å²) in [6.45, 7) is 0. The summed E-state index contributed by atoms with van der Waals surface area (Å²) in [6, 6.07) is 8.71. The van der Waals surface area contributed by atoms with Crippen LogP contribution in [0.4, 0.5) is 4.39 Å². The molecule has 1 aliphatic carbocycles. The van der Waals surface area contributed by atoms with Gasteiger partial charge in [0.05, 0.1) is 12.1 Å². The van der Waals surface area contributed by atoms with Crippen molar-refractivity contribution in [2.24, 2.45) is 10.8 Å². The number of nitrogens with zero attached hydrogens (tertiary/aromatic N) is 2. The first kappa shape index (κ1) is 11.4. The molecule has 2 atom stereocenters. The van der Waals surface area contributed by atoms with Crippen LogP contribution in [0.2, 0.25) is 0 Å². The van der Waals surface area contributed by atoms with Gasteiger partial charge in [0.25, 0.3) is 0 Å². The summed E-state index contributed by atoms with van der Waals surface area (Å²) in [5, 5.41) is 20.5. The average molecular weight is 255 g/mol. The summed E-state index contributed by atoms with van der Waals surface area (Å²) in [7, 11) is 0. The second kappa shape index (κ2) is 3.18. The Labute approximate surface area is 107 Å². The van der Waals surface area contributed by atoms with Crippen molar-refractivity contribution in [1.29, 1.82) is 10.5 Å². The number of hydrogen-bond acceptors (Lipinski definition) is 4. The van der Waals surface area contributed by atoms with Crippen LogP contribution in [0.25, 0.3) is 0 Å². The third kappa shape index (κ3) is 0.984. The minimum absolute atomic E-state index is 0.438. The summed E-state index contributed by atoms with van der Waals surface area (Å²) < 4.78 is 12.9. The molecule has 3 rings (SSSR count). The lowest BCUT2D eigenvalue weighted by Gasteiger charge is -2.07. The van der Waals surface area contributed by atoms with Gasteiger partial charge in [0.1, 0.15) is 5.82 Å². The smallest absolute Gasteiger partial charge is 0.250 e. The zero-order valence-electron chi connectivity index (χ0n) is 9.48. The molecule has 6 heteroatoms. The molecule has 1 saturated carbocycles. The number of amides is 2. The van der Waals surface area contributed by atoms with E-state index in [1.807, 2.05) is 5.32 Å². The second-order valence-corrected chi connectivity index (χ2v) is 4.61. The van der Waals surface area contributed by atoms with Crippen LogP contribution in [0.5, 0.6) is 0 Å². The van der Waals surface area contributed by atoms with Crippen molar-refractivity contribution < 1.29 is 14.0 Å². The Kier molecular flexibility index (Phi) is 1.90. The van der Waals surface area contributed by atoms with Crippen LogP contribution in [0, 0.1) is 39.3 Å². The molecule has 2 amide bonds. The van der Waals surface area contributed by atoms with E-state index < -0.39 is 34.4 Å². The van der Waals surface area contributed by atoms with Gasteiger partial charge < -0.3 is 0 Å². The summed E-state index contributed by atoms with van der Waals surface area (Å²) in [6.07, 6.45) is 0. The third-order valence-electron chi connectivity index (χ3n) is 3.90. The maximum Gasteiger partial charge on any atom is 0.250 e. The highest BCUT2D eigenvalue weighted by Gasteiger charge is 2.90. The SMILES string of the molecule is N#C[C@@]12C(=O)NC(=O)[C@@]1(C#N)C2c1ccc(F)cc1. The lowest BCUT2D eigenvalue weighted by molar-refractivity contribution is -0.128. The molecule has 0 spiro atoms. The van der Waals surface area contributed by atoms with Crippen molar-refractivity contribution in [3.05, 3.63) is 35.6 Å². The Hall–Kier alpha value is -2.73. The Bertz CT molecular complexity index is 662. The molecule has 0 radical (unpaired) electrons. The molecule has 1 heterocycles. The largest absolute Gasteiger partial charge is 0.293 e. The summed E-state index contributed by atoms with van der Waals surface area (Å²) in [5.74, 6) is -2.81. The molecule has 19 heavy (non-hydrogen) atoms. The highest BCUT2D eigenvalue weighted by Crippen LogP contribution is 2.76. The van der Waals surface area contributed by atoms with Gasteiger partial charge in [-0.05, 0) is 17.7 Å². The molecule has 1 aromatic rings. The summed E-state index contributed by atoms with van der Waals surface area (Å²) in [4.78, 5) is 23.6. The van der Waals surface area contributed by atoms with Gasteiger partial charge in [-0.2, -0.15) is 10.5 Å². The maximum absolute atomic E-state index is 12.9. The van der Waals surface area contributed by atoms with E-state index in [0.717, 1.165) is 0 Å². The number of fused-ring (bicyclic) bond motifs is 1. The summed E-state index contributed by atoms with van der Waals surface area (Å²) >= 11 is 0.